The van der Waals surface area contributed by atoms with E-state index in [2.05, 4.69) is 4.90 Å². The fourth-order valence-corrected chi connectivity index (χ4v) is 4.81. The standard InChI is InChI=1S/C20H26ClN3O3/c1-22-13-20(8-11-27-14-20)24(19(22)26)17-6-9-23(10-7-17)18(25)12-15-2-4-16(21)5-3-15/h2-5,17H,6-14H2,1H3. The summed E-state index contributed by atoms with van der Waals surface area (Å²) in [7, 11) is 1.87. The Kier molecular flexibility index (Phi) is 5.03. The van der Waals surface area contributed by atoms with Gasteiger partial charge in [-0.2, -0.15) is 0 Å². The molecule has 0 N–H and O–H groups in total. The van der Waals surface area contributed by atoms with Gasteiger partial charge in [0, 0.05) is 44.4 Å². The van der Waals surface area contributed by atoms with Crippen LogP contribution in [0.2, 0.25) is 5.02 Å². The number of carbonyl (C=O) groups is 2. The number of amides is 3. The lowest BCUT2D eigenvalue weighted by atomic mass is 9.92. The third kappa shape index (κ3) is 3.52. The molecule has 27 heavy (non-hydrogen) atoms. The van der Waals surface area contributed by atoms with Crippen molar-refractivity contribution in [3.05, 3.63) is 34.9 Å². The van der Waals surface area contributed by atoms with Crippen LogP contribution in [0.3, 0.4) is 0 Å². The van der Waals surface area contributed by atoms with Crippen molar-refractivity contribution < 1.29 is 14.3 Å². The number of hydrogen-bond donors (Lipinski definition) is 0. The second kappa shape index (κ2) is 7.32. The highest BCUT2D eigenvalue weighted by molar-refractivity contribution is 6.30. The van der Waals surface area contributed by atoms with E-state index in [0.29, 0.717) is 31.1 Å². The van der Waals surface area contributed by atoms with E-state index in [-0.39, 0.29) is 23.5 Å². The van der Waals surface area contributed by atoms with Crippen molar-refractivity contribution in [3.8, 4) is 0 Å². The maximum absolute atomic E-state index is 12.8. The topological polar surface area (TPSA) is 53.1 Å². The van der Waals surface area contributed by atoms with Crippen molar-refractivity contribution in [2.45, 2.75) is 37.3 Å². The molecule has 3 aliphatic rings. The average molecular weight is 392 g/mol. The van der Waals surface area contributed by atoms with E-state index in [9.17, 15) is 9.59 Å². The molecule has 6 nitrogen and oxygen atoms in total. The van der Waals surface area contributed by atoms with Crippen LogP contribution in [0.1, 0.15) is 24.8 Å². The zero-order valence-corrected chi connectivity index (χ0v) is 16.5. The van der Waals surface area contributed by atoms with Gasteiger partial charge in [0.1, 0.15) is 0 Å². The molecule has 0 radical (unpaired) electrons. The van der Waals surface area contributed by atoms with Gasteiger partial charge in [0.2, 0.25) is 5.91 Å². The van der Waals surface area contributed by atoms with Crippen LogP contribution in [0.5, 0.6) is 0 Å². The molecule has 3 heterocycles. The Morgan fingerprint density at radius 1 is 1.26 bits per heavy atom. The zero-order valence-electron chi connectivity index (χ0n) is 15.7. The van der Waals surface area contributed by atoms with Crippen LogP contribution in [0.4, 0.5) is 4.79 Å². The number of likely N-dealkylation sites (N-methyl/N-ethyl adjacent to an activating group) is 1. The van der Waals surface area contributed by atoms with Crippen molar-refractivity contribution in [3.63, 3.8) is 0 Å². The number of hydrogen-bond acceptors (Lipinski definition) is 3. The molecule has 3 saturated heterocycles. The molecule has 1 aromatic rings. The summed E-state index contributed by atoms with van der Waals surface area (Å²) < 4.78 is 5.64. The molecule has 7 heteroatoms. The van der Waals surface area contributed by atoms with Crippen LogP contribution in [-0.4, -0.2) is 78.1 Å². The van der Waals surface area contributed by atoms with E-state index in [1.165, 1.54) is 0 Å². The second-order valence-electron chi connectivity index (χ2n) is 7.95. The molecule has 3 fully saturated rings. The van der Waals surface area contributed by atoms with Crippen molar-refractivity contribution >= 4 is 23.5 Å². The number of benzene rings is 1. The highest BCUT2D eigenvalue weighted by Gasteiger charge is 2.53. The quantitative estimate of drug-likeness (QED) is 0.795. The maximum Gasteiger partial charge on any atom is 0.320 e. The predicted octanol–water partition coefficient (Wildman–Crippen LogP) is 2.40. The Bertz CT molecular complexity index is 710. The first-order chi connectivity index (χ1) is 13.0. The van der Waals surface area contributed by atoms with Crippen LogP contribution in [0.15, 0.2) is 24.3 Å². The molecular formula is C20H26ClN3O3. The van der Waals surface area contributed by atoms with Gasteiger partial charge in [-0.3, -0.25) is 4.79 Å². The van der Waals surface area contributed by atoms with Gasteiger partial charge in [-0.25, -0.2) is 4.79 Å². The molecule has 1 spiro atoms. The molecule has 3 amide bonds. The third-order valence-corrected chi connectivity index (χ3v) is 6.36. The average Bonchev–Trinajstić information content (AvgIpc) is 3.22. The summed E-state index contributed by atoms with van der Waals surface area (Å²) in [6.45, 7) is 3.47. The monoisotopic (exact) mass is 391 g/mol. The van der Waals surface area contributed by atoms with E-state index in [1.807, 2.05) is 41.1 Å². The Balaban J connectivity index is 1.37. The molecule has 4 rings (SSSR count). The Hall–Kier alpha value is -1.79. The fourth-order valence-electron chi connectivity index (χ4n) is 4.69. The second-order valence-corrected chi connectivity index (χ2v) is 8.39. The Labute approximate surface area is 165 Å². The van der Waals surface area contributed by atoms with E-state index in [0.717, 1.165) is 38.0 Å². The number of carbonyl (C=O) groups excluding carboxylic acids is 2. The van der Waals surface area contributed by atoms with Crippen molar-refractivity contribution in [2.75, 3.05) is 39.9 Å². The smallest absolute Gasteiger partial charge is 0.320 e. The molecule has 0 aromatic heterocycles. The SMILES string of the molecule is CN1CC2(CCOC2)N(C2CCN(C(=O)Cc3ccc(Cl)cc3)CC2)C1=O. The summed E-state index contributed by atoms with van der Waals surface area (Å²) in [6, 6.07) is 7.71. The lowest BCUT2D eigenvalue weighted by molar-refractivity contribution is -0.132. The van der Waals surface area contributed by atoms with Gasteiger partial charge in [-0.15, -0.1) is 0 Å². The zero-order chi connectivity index (χ0) is 19.0. The highest BCUT2D eigenvalue weighted by atomic mass is 35.5. The summed E-state index contributed by atoms with van der Waals surface area (Å²) in [5, 5.41) is 0.678. The first-order valence-electron chi connectivity index (χ1n) is 9.63. The maximum atomic E-state index is 12.8. The van der Waals surface area contributed by atoms with Crippen molar-refractivity contribution in [2.24, 2.45) is 0 Å². The summed E-state index contributed by atoms with van der Waals surface area (Å²) >= 11 is 5.91. The van der Waals surface area contributed by atoms with Crippen LogP contribution < -0.4 is 0 Å². The molecule has 1 unspecified atom stereocenters. The highest BCUT2D eigenvalue weighted by Crippen LogP contribution is 2.37. The van der Waals surface area contributed by atoms with Crippen LogP contribution in [0, 0.1) is 0 Å². The largest absolute Gasteiger partial charge is 0.379 e. The summed E-state index contributed by atoms with van der Waals surface area (Å²) in [5.74, 6) is 0.138. The first kappa shape index (κ1) is 18.6. The predicted molar refractivity (Wildman–Crippen MR) is 103 cm³/mol. The van der Waals surface area contributed by atoms with Crippen LogP contribution in [0.25, 0.3) is 0 Å². The minimum absolute atomic E-state index is 0.103. The van der Waals surface area contributed by atoms with E-state index >= 15 is 0 Å². The fraction of sp³-hybridized carbons (Fsp3) is 0.600. The van der Waals surface area contributed by atoms with Gasteiger partial charge < -0.3 is 19.4 Å². The number of nitrogens with zero attached hydrogens (tertiary/aromatic N) is 3. The Morgan fingerprint density at radius 2 is 1.96 bits per heavy atom. The van der Waals surface area contributed by atoms with Gasteiger partial charge >= 0.3 is 6.03 Å². The number of urea groups is 1. The molecule has 3 aliphatic heterocycles. The lowest BCUT2D eigenvalue weighted by Gasteiger charge is -2.42. The van der Waals surface area contributed by atoms with Crippen molar-refractivity contribution in [1.29, 1.82) is 0 Å². The molecule has 1 atom stereocenters. The van der Waals surface area contributed by atoms with Gasteiger partial charge in [-0.1, -0.05) is 23.7 Å². The van der Waals surface area contributed by atoms with Gasteiger partial charge in [0.05, 0.1) is 18.6 Å². The molecular weight excluding hydrogens is 366 g/mol. The Morgan fingerprint density at radius 3 is 2.59 bits per heavy atom. The lowest BCUT2D eigenvalue weighted by Crippen LogP contribution is -2.56. The normalized spacial score (nSPS) is 26.4. The van der Waals surface area contributed by atoms with Crippen molar-refractivity contribution in [1.82, 2.24) is 14.7 Å². The summed E-state index contributed by atoms with van der Waals surface area (Å²) in [5.41, 5.74) is 0.802. The van der Waals surface area contributed by atoms with Gasteiger partial charge in [0.25, 0.3) is 0 Å². The summed E-state index contributed by atoms with van der Waals surface area (Å²) in [4.78, 5) is 31.2. The van der Waals surface area contributed by atoms with Gasteiger partial charge in [-0.05, 0) is 37.0 Å². The van der Waals surface area contributed by atoms with Crippen LogP contribution in [-0.2, 0) is 16.0 Å². The molecule has 0 saturated carbocycles. The van der Waals surface area contributed by atoms with Crippen LogP contribution >= 0.6 is 11.6 Å². The van der Waals surface area contributed by atoms with Gasteiger partial charge in [0.15, 0.2) is 0 Å². The van der Waals surface area contributed by atoms with E-state index in [4.69, 9.17) is 16.3 Å². The van der Waals surface area contributed by atoms with E-state index < -0.39 is 0 Å². The molecule has 1 aromatic carbocycles. The molecule has 146 valence electrons. The third-order valence-electron chi connectivity index (χ3n) is 6.11. The minimum atomic E-state index is -0.175. The van der Waals surface area contributed by atoms with E-state index in [1.54, 1.807) is 0 Å². The minimum Gasteiger partial charge on any atom is -0.379 e. The number of rotatable bonds is 3. The number of ether oxygens (including phenoxy) is 1. The number of halogens is 1. The number of piperidine rings is 1. The molecule has 0 bridgehead atoms. The number of likely N-dealkylation sites (tertiary alicyclic amines) is 1. The first-order valence-corrected chi connectivity index (χ1v) is 10.0. The summed E-state index contributed by atoms with van der Waals surface area (Å²) in [6.07, 6.45) is 2.95. The molecule has 0 aliphatic carbocycles.